The van der Waals surface area contributed by atoms with Gasteiger partial charge in [-0.05, 0) is 23.6 Å². The lowest BCUT2D eigenvalue weighted by Crippen LogP contribution is -2.35. The molecule has 0 aromatic heterocycles. The van der Waals surface area contributed by atoms with Crippen molar-refractivity contribution in [2.24, 2.45) is 5.92 Å². The molecular weight excluding hydrogens is 282 g/mol. The van der Waals surface area contributed by atoms with Crippen LogP contribution in [0.1, 0.15) is 19.4 Å². The Labute approximate surface area is 110 Å². The van der Waals surface area contributed by atoms with Crippen molar-refractivity contribution >= 4 is 21.8 Å². The monoisotopic (exact) mass is 299 g/mol. The van der Waals surface area contributed by atoms with Crippen LogP contribution in [0.2, 0.25) is 0 Å². The van der Waals surface area contributed by atoms with E-state index in [-0.39, 0.29) is 11.8 Å². The summed E-state index contributed by atoms with van der Waals surface area (Å²) in [7, 11) is 0. The number of carbonyl (C=O) groups excluding carboxylic acids is 1. The minimum absolute atomic E-state index is 0.0669. The minimum Gasteiger partial charge on any atom is -0.391 e. The first-order valence-corrected chi connectivity index (χ1v) is 6.47. The van der Waals surface area contributed by atoms with Gasteiger partial charge in [0, 0.05) is 11.0 Å². The lowest BCUT2D eigenvalue weighted by molar-refractivity contribution is -0.121. The molecule has 0 saturated carbocycles. The third-order valence-electron chi connectivity index (χ3n) is 2.53. The zero-order chi connectivity index (χ0) is 12.8. The van der Waals surface area contributed by atoms with E-state index in [0.29, 0.717) is 13.0 Å². The molecule has 0 heterocycles. The van der Waals surface area contributed by atoms with Crippen molar-refractivity contribution in [2.45, 2.75) is 26.4 Å². The van der Waals surface area contributed by atoms with Crippen LogP contribution in [0, 0.1) is 5.92 Å². The number of halogens is 1. The van der Waals surface area contributed by atoms with E-state index in [0.717, 1.165) is 10.0 Å². The van der Waals surface area contributed by atoms with Gasteiger partial charge in [0.05, 0.1) is 12.5 Å². The van der Waals surface area contributed by atoms with E-state index >= 15 is 0 Å². The number of hydrogen-bond donors (Lipinski definition) is 2. The molecule has 94 valence electrons. The van der Waals surface area contributed by atoms with Crippen molar-refractivity contribution in [3.8, 4) is 0 Å². The standard InChI is InChI=1S/C13H18BrNO2/c1-9(2)12(16)8-15-13(17)7-10-4-3-5-11(14)6-10/h3-6,9,12,16H,7-8H2,1-2H3,(H,15,17). The van der Waals surface area contributed by atoms with E-state index in [1.54, 1.807) is 0 Å². The van der Waals surface area contributed by atoms with E-state index in [2.05, 4.69) is 21.2 Å². The molecule has 3 nitrogen and oxygen atoms in total. The average molecular weight is 300 g/mol. The maximum absolute atomic E-state index is 11.6. The molecule has 1 unspecified atom stereocenters. The fourth-order valence-corrected chi connectivity index (χ4v) is 1.80. The summed E-state index contributed by atoms with van der Waals surface area (Å²) in [5.41, 5.74) is 0.955. The summed E-state index contributed by atoms with van der Waals surface area (Å²) in [5, 5.41) is 12.3. The van der Waals surface area contributed by atoms with E-state index < -0.39 is 6.10 Å². The van der Waals surface area contributed by atoms with Crippen LogP contribution in [0.4, 0.5) is 0 Å². The summed E-state index contributed by atoms with van der Waals surface area (Å²) in [6, 6.07) is 7.64. The van der Waals surface area contributed by atoms with Crippen molar-refractivity contribution in [3.05, 3.63) is 34.3 Å². The molecule has 1 amide bonds. The molecule has 2 N–H and O–H groups in total. The van der Waals surface area contributed by atoms with Crippen LogP contribution in [0.25, 0.3) is 0 Å². The van der Waals surface area contributed by atoms with Gasteiger partial charge < -0.3 is 10.4 Å². The summed E-state index contributed by atoms with van der Waals surface area (Å²) >= 11 is 3.36. The summed E-state index contributed by atoms with van der Waals surface area (Å²) in [5.74, 6) is 0.0870. The second-order valence-corrected chi connectivity index (χ2v) is 5.34. The number of rotatable bonds is 5. The Morgan fingerprint density at radius 1 is 1.47 bits per heavy atom. The molecule has 0 radical (unpaired) electrons. The Bertz CT molecular complexity index is 379. The van der Waals surface area contributed by atoms with Gasteiger partial charge in [-0.3, -0.25) is 4.79 Å². The summed E-state index contributed by atoms with van der Waals surface area (Å²) < 4.78 is 0.963. The van der Waals surface area contributed by atoms with E-state index in [4.69, 9.17) is 0 Å². The van der Waals surface area contributed by atoms with Crippen molar-refractivity contribution in [1.29, 1.82) is 0 Å². The van der Waals surface area contributed by atoms with E-state index in [1.165, 1.54) is 0 Å². The van der Waals surface area contributed by atoms with Crippen LogP contribution in [0.15, 0.2) is 28.7 Å². The molecule has 0 aliphatic heterocycles. The van der Waals surface area contributed by atoms with Gasteiger partial charge in [-0.1, -0.05) is 41.9 Å². The highest BCUT2D eigenvalue weighted by Gasteiger charge is 2.10. The normalized spacial score (nSPS) is 12.5. The van der Waals surface area contributed by atoms with Crippen LogP contribution < -0.4 is 5.32 Å². The molecule has 0 fully saturated rings. The first-order valence-electron chi connectivity index (χ1n) is 5.68. The zero-order valence-electron chi connectivity index (χ0n) is 10.1. The highest BCUT2D eigenvalue weighted by atomic mass is 79.9. The van der Waals surface area contributed by atoms with Gasteiger partial charge in [0.2, 0.25) is 5.91 Å². The summed E-state index contributed by atoms with van der Waals surface area (Å²) in [6.45, 7) is 4.15. The second-order valence-electron chi connectivity index (χ2n) is 4.42. The summed E-state index contributed by atoms with van der Waals surface area (Å²) in [6.07, 6.45) is -0.147. The smallest absolute Gasteiger partial charge is 0.224 e. The van der Waals surface area contributed by atoms with Gasteiger partial charge in [0.1, 0.15) is 0 Å². The first-order chi connectivity index (χ1) is 7.99. The molecular formula is C13H18BrNO2. The largest absolute Gasteiger partial charge is 0.391 e. The third-order valence-corrected chi connectivity index (χ3v) is 3.02. The molecule has 0 bridgehead atoms. The minimum atomic E-state index is -0.485. The second kappa shape index (κ2) is 6.77. The number of aliphatic hydroxyl groups is 1. The van der Waals surface area contributed by atoms with Gasteiger partial charge >= 0.3 is 0 Å². The fraction of sp³-hybridized carbons (Fsp3) is 0.462. The predicted molar refractivity (Wildman–Crippen MR) is 71.7 cm³/mol. The molecule has 17 heavy (non-hydrogen) atoms. The van der Waals surface area contributed by atoms with Crippen molar-refractivity contribution < 1.29 is 9.90 Å². The SMILES string of the molecule is CC(C)C(O)CNC(=O)Cc1cccc(Br)c1. The first kappa shape index (κ1) is 14.2. The molecule has 1 atom stereocenters. The number of benzene rings is 1. The number of amides is 1. The number of aliphatic hydroxyl groups excluding tert-OH is 1. The molecule has 4 heteroatoms. The highest BCUT2D eigenvalue weighted by molar-refractivity contribution is 9.10. The quantitative estimate of drug-likeness (QED) is 0.875. The van der Waals surface area contributed by atoms with Crippen LogP contribution in [-0.4, -0.2) is 23.7 Å². The number of carbonyl (C=O) groups is 1. The van der Waals surface area contributed by atoms with Gasteiger partial charge in [-0.25, -0.2) is 0 Å². The predicted octanol–water partition coefficient (Wildman–Crippen LogP) is 2.12. The molecule has 0 aliphatic rings. The molecule has 1 aromatic carbocycles. The van der Waals surface area contributed by atoms with Crippen LogP contribution >= 0.6 is 15.9 Å². The van der Waals surface area contributed by atoms with Gasteiger partial charge in [0.25, 0.3) is 0 Å². The van der Waals surface area contributed by atoms with Gasteiger partial charge in [-0.2, -0.15) is 0 Å². The summed E-state index contributed by atoms with van der Waals surface area (Å²) in [4.78, 5) is 11.6. The maximum atomic E-state index is 11.6. The Balaban J connectivity index is 2.40. The molecule has 1 aromatic rings. The van der Waals surface area contributed by atoms with Gasteiger partial charge in [-0.15, -0.1) is 0 Å². The van der Waals surface area contributed by atoms with Crippen molar-refractivity contribution in [3.63, 3.8) is 0 Å². The molecule has 0 spiro atoms. The molecule has 0 saturated heterocycles. The van der Waals surface area contributed by atoms with Crippen molar-refractivity contribution in [1.82, 2.24) is 5.32 Å². The highest BCUT2D eigenvalue weighted by Crippen LogP contribution is 2.11. The zero-order valence-corrected chi connectivity index (χ0v) is 11.7. The van der Waals surface area contributed by atoms with Crippen LogP contribution in [0.5, 0.6) is 0 Å². The number of nitrogens with one attached hydrogen (secondary N) is 1. The Morgan fingerprint density at radius 3 is 2.76 bits per heavy atom. The topological polar surface area (TPSA) is 49.3 Å². The Morgan fingerprint density at radius 2 is 2.18 bits per heavy atom. The van der Waals surface area contributed by atoms with E-state index in [1.807, 2.05) is 38.1 Å². The third kappa shape index (κ3) is 5.33. The maximum Gasteiger partial charge on any atom is 0.224 e. The van der Waals surface area contributed by atoms with Crippen LogP contribution in [0.3, 0.4) is 0 Å². The lowest BCUT2D eigenvalue weighted by Gasteiger charge is -2.15. The molecule has 1 rings (SSSR count). The average Bonchev–Trinajstić information content (AvgIpc) is 2.25. The Hall–Kier alpha value is -0.870. The van der Waals surface area contributed by atoms with Gasteiger partial charge in [0.15, 0.2) is 0 Å². The van der Waals surface area contributed by atoms with Crippen molar-refractivity contribution in [2.75, 3.05) is 6.54 Å². The lowest BCUT2D eigenvalue weighted by atomic mass is 10.1. The van der Waals surface area contributed by atoms with E-state index in [9.17, 15) is 9.90 Å². The molecule has 0 aliphatic carbocycles. The fourth-order valence-electron chi connectivity index (χ4n) is 1.35. The van der Waals surface area contributed by atoms with Crippen LogP contribution in [-0.2, 0) is 11.2 Å². The number of hydrogen-bond acceptors (Lipinski definition) is 2. The Kier molecular flexibility index (Phi) is 5.65.